The van der Waals surface area contributed by atoms with Crippen molar-refractivity contribution in [1.29, 1.82) is 0 Å². The summed E-state index contributed by atoms with van der Waals surface area (Å²) >= 11 is 3.48. The maximum atomic E-state index is 12.3. The van der Waals surface area contributed by atoms with Crippen molar-refractivity contribution in [1.82, 2.24) is 15.1 Å². The SMILES string of the molecule is CC(C)c1[nH]nc(C(=O)N2CCCCC2)c1Br. The molecule has 1 saturated heterocycles. The van der Waals surface area contributed by atoms with Crippen LogP contribution in [-0.2, 0) is 0 Å². The molecule has 4 nitrogen and oxygen atoms in total. The van der Waals surface area contributed by atoms with Gasteiger partial charge in [0.2, 0.25) is 0 Å². The summed E-state index contributed by atoms with van der Waals surface area (Å²) in [6.45, 7) is 5.87. The van der Waals surface area contributed by atoms with E-state index >= 15 is 0 Å². The van der Waals surface area contributed by atoms with Gasteiger partial charge in [0.1, 0.15) is 0 Å². The topological polar surface area (TPSA) is 49.0 Å². The molecule has 1 aliphatic rings. The van der Waals surface area contributed by atoms with Crippen LogP contribution in [0.4, 0.5) is 0 Å². The van der Waals surface area contributed by atoms with Crippen LogP contribution in [0.2, 0.25) is 0 Å². The number of likely N-dealkylation sites (tertiary alicyclic amines) is 1. The normalized spacial score (nSPS) is 16.6. The third kappa shape index (κ3) is 2.54. The molecule has 1 aliphatic heterocycles. The van der Waals surface area contributed by atoms with Gasteiger partial charge < -0.3 is 4.90 Å². The standard InChI is InChI=1S/C12H18BrN3O/c1-8(2)10-9(13)11(15-14-10)12(17)16-6-4-3-5-7-16/h8H,3-7H2,1-2H3,(H,14,15). The first-order valence-corrected chi connectivity index (χ1v) is 6.93. The van der Waals surface area contributed by atoms with Crippen LogP contribution in [0.15, 0.2) is 4.47 Å². The fourth-order valence-corrected chi connectivity index (χ4v) is 2.92. The number of nitrogens with zero attached hydrogens (tertiary/aromatic N) is 2. The Hall–Kier alpha value is -0.840. The van der Waals surface area contributed by atoms with E-state index in [1.54, 1.807) is 0 Å². The molecular weight excluding hydrogens is 282 g/mol. The zero-order valence-electron chi connectivity index (χ0n) is 10.3. The third-order valence-electron chi connectivity index (χ3n) is 3.16. The van der Waals surface area contributed by atoms with Crippen molar-refractivity contribution in [2.75, 3.05) is 13.1 Å². The van der Waals surface area contributed by atoms with Crippen LogP contribution >= 0.6 is 15.9 Å². The molecule has 0 atom stereocenters. The molecule has 0 aromatic carbocycles. The predicted molar refractivity (Wildman–Crippen MR) is 70.1 cm³/mol. The van der Waals surface area contributed by atoms with Crippen molar-refractivity contribution in [3.63, 3.8) is 0 Å². The average Bonchev–Trinajstić information content (AvgIpc) is 2.71. The number of rotatable bonds is 2. The van der Waals surface area contributed by atoms with Crippen LogP contribution < -0.4 is 0 Å². The van der Waals surface area contributed by atoms with E-state index in [0.29, 0.717) is 11.6 Å². The molecule has 0 saturated carbocycles. The average molecular weight is 300 g/mol. The first-order chi connectivity index (χ1) is 8.11. The number of nitrogens with one attached hydrogen (secondary N) is 1. The summed E-state index contributed by atoms with van der Waals surface area (Å²) in [5.74, 6) is 0.375. The van der Waals surface area contributed by atoms with Crippen molar-refractivity contribution in [3.8, 4) is 0 Å². The van der Waals surface area contributed by atoms with E-state index < -0.39 is 0 Å². The highest BCUT2D eigenvalue weighted by atomic mass is 79.9. The van der Waals surface area contributed by atoms with Crippen LogP contribution in [0.3, 0.4) is 0 Å². The van der Waals surface area contributed by atoms with Gasteiger partial charge in [0.15, 0.2) is 5.69 Å². The number of hydrogen-bond donors (Lipinski definition) is 1. The highest BCUT2D eigenvalue weighted by Gasteiger charge is 2.24. The fourth-order valence-electron chi connectivity index (χ4n) is 2.11. The minimum Gasteiger partial charge on any atom is -0.337 e. The Morgan fingerprint density at radius 1 is 1.35 bits per heavy atom. The summed E-state index contributed by atoms with van der Waals surface area (Å²) in [6, 6.07) is 0. The number of piperidine rings is 1. The highest BCUT2D eigenvalue weighted by Crippen LogP contribution is 2.26. The number of hydrogen-bond acceptors (Lipinski definition) is 2. The lowest BCUT2D eigenvalue weighted by Crippen LogP contribution is -2.36. The number of H-pyrrole nitrogens is 1. The van der Waals surface area contributed by atoms with Gasteiger partial charge in [-0.05, 0) is 41.1 Å². The number of aromatic amines is 1. The Labute approximate surface area is 110 Å². The molecular formula is C12H18BrN3O. The number of amides is 1. The van der Waals surface area contributed by atoms with E-state index in [-0.39, 0.29) is 5.91 Å². The smallest absolute Gasteiger partial charge is 0.275 e. The van der Waals surface area contributed by atoms with E-state index in [4.69, 9.17) is 0 Å². The van der Waals surface area contributed by atoms with Gasteiger partial charge >= 0.3 is 0 Å². The van der Waals surface area contributed by atoms with Gasteiger partial charge in [0.25, 0.3) is 5.91 Å². The molecule has 1 N–H and O–H groups in total. The Kier molecular flexibility index (Phi) is 3.86. The molecule has 0 spiro atoms. The highest BCUT2D eigenvalue weighted by molar-refractivity contribution is 9.10. The monoisotopic (exact) mass is 299 g/mol. The van der Waals surface area contributed by atoms with Gasteiger partial charge in [-0.1, -0.05) is 13.8 Å². The van der Waals surface area contributed by atoms with E-state index in [2.05, 4.69) is 40.0 Å². The largest absolute Gasteiger partial charge is 0.337 e. The lowest BCUT2D eigenvalue weighted by Gasteiger charge is -2.25. The second kappa shape index (κ2) is 5.21. The lowest BCUT2D eigenvalue weighted by atomic mass is 10.1. The van der Waals surface area contributed by atoms with Crippen molar-refractivity contribution in [2.45, 2.75) is 39.0 Å². The molecule has 0 radical (unpaired) electrons. The molecule has 17 heavy (non-hydrogen) atoms. The van der Waals surface area contributed by atoms with Crippen LogP contribution in [0, 0.1) is 0 Å². The molecule has 2 rings (SSSR count). The second-order valence-corrected chi connectivity index (χ2v) is 5.60. The number of halogens is 1. The molecule has 1 amide bonds. The Morgan fingerprint density at radius 2 is 2.00 bits per heavy atom. The molecule has 5 heteroatoms. The van der Waals surface area contributed by atoms with Crippen molar-refractivity contribution >= 4 is 21.8 Å². The van der Waals surface area contributed by atoms with Gasteiger partial charge in [0, 0.05) is 13.1 Å². The van der Waals surface area contributed by atoms with E-state index in [1.165, 1.54) is 6.42 Å². The quantitative estimate of drug-likeness (QED) is 0.913. The van der Waals surface area contributed by atoms with Crippen LogP contribution in [0.1, 0.15) is 55.2 Å². The Balaban J connectivity index is 2.19. The zero-order chi connectivity index (χ0) is 12.4. The molecule has 0 bridgehead atoms. The number of aromatic nitrogens is 2. The van der Waals surface area contributed by atoms with E-state index in [1.807, 2.05) is 4.90 Å². The minimum absolute atomic E-state index is 0.0414. The van der Waals surface area contributed by atoms with Gasteiger partial charge in [-0.3, -0.25) is 9.89 Å². The minimum atomic E-state index is 0.0414. The molecule has 0 unspecified atom stereocenters. The Morgan fingerprint density at radius 3 is 2.53 bits per heavy atom. The van der Waals surface area contributed by atoms with E-state index in [0.717, 1.165) is 36.1 Å². The van der Waals surface area contributed by atoms with Crippen LogP contribution in [0.25, 0.3) is 0 Å². The fraction of sp³-hybridized carbons (Fsp3) is 0.667. The van der Waals surface area contributed by atoms with Crippen molar-refractivity contribution < 1.29 is 4.79 Å². The zero-order valence-corrected chi connectivity index (χ0v) is 11.9. The molecule has 2 heterocycles. The maximum absolute atomic E-state index is 12.3. The van der Waals surface area contributed by atoms with Gasteiger partial charge in [-0.2, -0.15) is 5.10 Å². The summed E-state index contributed by atoms with van der Waals surface area (Å²) in [5, 5.41) is 7.10. The maximum Gasteiger partial charge on any atom is 0.275 e. The molecule has 1 aromatic rings. The van der Waals surface area contributed by atoms with Gasteiger partial charge in [0.05, 0.1) is 10.2 Å². The molecule has 94 valence electrons. The lowest BCUT2D eigenvalue weighted by molar-refractivity contribution is 0.0717. The molecule has 0 aliphatic carbocycles. The van der Waals surface area contributed by atoms with Crippen LogP contribution in [0.5, 0.6) is 0 Å². The second-order valence-electron chi connectivity index (χ2n) is 4.81. The predicted octanol–water partition coefficient (Wildman–Crippen LogP) is 2.92. The number of carbonyl (C=O) groups excluding carboxylic acids is 1. The summed E-state index contributed by atoms with van der Waals surface area (Å²) in [4.78, 5) is 14.2. The third-order valence-corrected chi connectivity index (χ3v) is 3.96. The van der Waals surface area contributed by atoms with Gasteiger partial charge in [-0.15, -0.1) is 0 Å². The first-order valence-electron chi connectivity index (χ1n) is 6.14. The Bertz CT molecular complexity index is 408. The first kappa shape index (κ1) is 12.6. The summed E-state index contributed by atoms with van der Waals surface area (Å²) in [6.07, 6.45) is 3.43. The molecule has 1 fully saturated rings. The summed E-state index contributed by atoms with van der Waals surface area (Å²) < 4.78 is 0.822. The summed E-state index contributed by atoms with van der Waals surface area (Å²) in [7, 11) is 0. The molecule has 1 aromatic heterocycles. The van der Waals surface area contributed by atoms with E-state index in [9.17, 15) is 4.79 Å². The summed E-state index contributed by atoms with van der Waals surface area (Å²) in [5.41, 5.74) is 1.51. The van der Waals surface area contributed by atoms with Crippen molar-refractivity contribution in [2.24, 2.45) is 0 Å². The van der Waals surface area contributed by atoms with Crippen LogP contribution in [-0.4, -0.2) is 34.1 Å². The number of carbonyl (C=O) groups is 1. The van der Waals surface area contributed by atoms with Gasteiger partial charge in [-0.25, -0.2) is 0 Å². The van der Waals surface area contributed by atoms with Crippen molar-refractivity contribution in [3.05, 3.63) is 15.9 Å².